The van der Waals surface area contributed by atoms with Crippen LogP contribution in [0.5, 0.6) is 5.75 Å². The van der Waals surface area contributed by atoms with Crippen LogP contribution in [0.15, 0.2) is 24.3 Å². The monoisotopic (exact) mass is 494 g/mol. The smallest absolute Gasteiger partial charge is 0.328 e. The Balaban J connectivity index is 2.11. The number of aromatic hydroxyl groups is 1. The van der Waals surface area contributed by atoms with Gasteiger partial charge in [-0.2, -0.15) is 0 Å². The maximum absolute atomic E-state index is 13.1. The molecule has 1 aliphatic rings. The van der Waals surface area contributed by atoms with Crippen LogP contribution in [-0.2, 0) is 30.4 Å². The summed E-state index contributed by atoms with van der Waals surface area (Å²) < 4.78 is 0. The molecule has 1 fully saturated rings. The minimum absolute atomic E-state index is 0.0335. The second kappa shape index (κ2) is 12.1. The molecule has 1 aromatic carbocycles. The van der Waals surface area contributed by atoms with Crippen LogP contribution >= 0.6 is 0 Å². The molecule has 0 aliphatic carbocycles. The Morgan fingerprint density at radius 1 is 1.11 bits per heavy atom. The molecule has 192 valence electrons. The molecule has 2 rings (SSSR count). The molecule has 8 N–H and O–H groups in total. The first-order valence-electron chi connectivity index (χ1n) is 11.0. The molecule has 1 saturated heterocycles. The number of aliphatic carboxylic acids is 2. The summed E-state index contributed by atoms with van der Waals surface area (Å²) in [6.45, 7) is 1.28. The fourth-order valence-electron chi connectivity index (χ4n) is 3.77. The Kier molecular flexibility index (Phi) is 9.54. The lowest BCUT2D eigenvalue weighted by Gasteiger charge is -2.29. The first-order valence-corrected chi connectivity index (χ1v) is 11.0. The number of nitrogens with one attached hydrogen (secondary N) is 2. The van der Waals surface area contributed by atoms with Crippen molar-refractivity contribution >= 4 is 29.7 Å². The van der Waals surface area contributed by atoms with Crippen molar-refractivity contribution in [3.63, 3.8) is 0 Å². The van der Waals surface area contributed by atoms with Gasteiger partial charge in [-0.25, -0.2) is 4.79 Å². The molecule has 0 saturated carbocycles. The van der Waals surface area contributed by atoms with E-state index in [2.05, 4.69) is 10.6 Å². The van der Waals surface area contributed by atoms with Crippen molar-refractivity contribution in [2.24, 2.45) is 5.73 Å². The van der Waals surface area contributed by atoms with Gasteiger partial charge < -0.3 is 41.7 Å². The molecule has 5 atom stereocenters. The van der Waals surface area contributed by atoms with E-state index in [9.17, 15) is 44.4 Å². The van der Waals surface area contributed by atoms with Crippen LogP contribution in [0.2, 0.25) is 0 Å². The van der Waals surface area contributed by atoms with E-state index in [1.165, 1.54) is 19.1 Å². The number of nitrogens with two attached hydrogens (primary N) is 1. The topological polar surface area (TPSA) is 220 Å². The molecule has 13 nitrogen and oxygen atoms in total. The van der Waals surface area contributed by atoms with Gasteiger partial charge in [0.25, 0.3) is 0 Å². The number of carbonyl (C=O) groups excluding carboxylic acids is 3. The van der Waals surface area contributed by atoms with Crippen molar-refractivity contribution in [1.82, 2.24) is 15.5 Å². The Morgan fingerprint density at radius 2 is 1.74 bits per heavy atom. The maximum Gasteiger partial charge on any atom is 0.328 e. The third-order valence-corrected chi connectivity index (χ3v) is 5.61. The van der Waals surface area contributed by atoms with Gasteiger partial charge in [0.1, 0.15) is 17.8 Å². The van der Waals surface area contributed by atoms with Crippen LogP contribution in [0, 0.1) is 0 Å². The zero-order valence-corrected chi connectivity index (χ0v) is 19.1. The fourth-order valence-corrected chi connectivity index (χ4v) is 3.77. The minimum Gasteiger partial charge on any atom is -0.508 e. The first-order chi connectivity index (χ1) is 16.4. The molecule has 0 radical (unpaired) electrons. The number of aliphatic hydroxyl groups excluding tert-OH is 1. The van der Waals surface area contributed by atoms with Gasteiger partial charge in [0.15, 0.2) is 6.04 Å². The predicted octanol–water partition coefficient (Wildman–Crippen LogP) is -1.84. The molecule has 0 bridgehead atoms. The summed E-state index contributed by atoms with van der Waals surface area (Å²) >= 11 is 0. The van der Waals surface area contributed by atoms with E-state index in [1.54, 1.807) is 12.1 Å². The first kappa shape index (κ1) is 27.5. The molecule has 0 aromatic heterocycles. The van der Waals surface area contributed by atoms with Crippen LogP contribution in [-0.4, -0.2) is 91.8 Å². The molecule has 0 spiro atoms. The van der Waals surface area contributed by atoms with Crippen molar-refractivity contribution in [3.05, 3.63) is 29.8 Å². The SMILES string of the molecule is C[C@@H](O)[C@H](NC(=O)[C@@H]1CCCN1C(=O)[C@H](CC(=O)O)NC(=O)[C@@H](N)Cc1ccc(O)cc1)C(=O)O. The second-order valence-electron chi connectivity index (χ2n) is 8.39. The van der Waals surface area contributed by atoms with Gasteiger partial charge in [-0.1, -0.05) is 12.1 Å². The van der Waals surface area contributed by atoms with Crippen LogP contribution in [0.3, 0.4) is 0 Å². The highest BCUT2D eigenvalue weighted by atomic mass is 16.4. The number of hydrogen-bond acceptors (Lipinski definition) is 8. The van der Waals surface area contributed by atoms with Crippen molar-refractivity contribution in [2.75, 3.05) is 6.54 Å². The molecule has 1 aromatic rings. The fraction of sp³-hybridized carbons (Fsp3) is 0.500. The maximum atomic E-state index is 13.1. The number of hydrogen-bond donors (Lipinski definition) is 7. The molecule has 35 heavy (non-hydrogen) atoms. The van der Waals surface area contributed by atoms with E-state index in [4.69, 9.17) is 5.73 Å². The largest absolute Gasteiger partial charge is 0.508 e. The zero-order valence-electron chi connectivity index (χ0n) is 19.1. The normalized spacial score (nSPS) is 18.7. The van der Waals surface area contributed by atoms with E-state index in [-0.39, 0.29) is 25.1 Å². The zero-order chi connectivity index (χ0) is 26.3. The minimum atomic E-state index is -1.59. The van der Waals surface area contributed by atoms with E-state index in [1.807, 2.05) is 0 Å². The standard InChI is InChI=1S/C22H30N4O9/c1-11(27)18(22(34)35)25-20(32)16-3-2-8-26(16)21(33)15(10-17(29)30)24-19(31)14(23)9-12-4-6-13(28)7-5-12/h4-7,11,14-16,18,27-28H,2-3,8-10,23H2,1H3,(H,24,31)(H,25,32)(H,29,30)(H,34,35)/t11-,14+,15+,16+,18+/m1/s1. The molecule has 13 heteroatoms. The highest BCUT2D eigenvalue weighted by molar-refractivity contribution is 5.96. The number of nitrogens with zero attached hydrogens (tertiary/aromatic N) is 1. The average molecular weight is 495 g/mol. The van der Waals surface area contributed by atoms with Crippen LogP contribution < -0.4 is 16.4 Å². The second-order valence-corrected chi connectivity index (χ2v) is 8.39. The van der Waals surface area contributed by atoms with Gasteiger partial charge in [-0.15, -0.1) is 0 Å². The van der Waals surface area contributed by atoms with Gasteiger partial charge in [-0.3, -0.25) is 19.2 Å². The molecule has 0 unspecified atom stereocenters. The van der Waals surface area contributed by atoms with Crippen LogP contribution in [0.4, 0.5) is 0 Å². The Labute approximate surface area is 200 Å². The third-order valence-electron chi connectivity index (χ3n) is 5.61. The summed E-state index contributed by atoms with van der Waals surface area (Å²) in [4.78, 5) is 62.1. The summed E-state index contributed by atoms with van der Waals surface area (Å²) in [6, 6.07) is 0.647. The van der Waals surface area contributed by atoms with Gasteiger partial charge in [0.05, 0.1) is 18.6 Å². The lowest BCUT2D eigenvalue weighted by atomic mass is 10.0. The van der Waals surface area contributed by atoms with Crippen molar-refractivity contribution in [3.8, 4) is 5.75 Å². The van der Waals surface area contributed by atoms with Crippen molar-refractivity contribution < 1.29 is 44.4 Å². The van der Waals surface area contributed by atoms with E-state index in [0.29, 0.717) is 12.0 Å². The predicted molar refractivity (Wildman–Crippen MR) is 120 cm³/mol. The number of rotatable bonds is 11. The average Bonchev–Trinajstić information content (AvgIpc) is 3.27. The molecule has 1 heterocycles. The Morgan fingerprint density at radius 3 is 2.29 bits per heavy atom. The number of carboxylic acid groups (broad SMARTS) is 2. The van der Waals surface area contributed by atoms with Gasteiger partial charge in [-0.05, 0) is 43.9 Å². The lowest BCUT2D eigenvalue weighted by Crippen LogP contribution is -2.58. The lowest BCUT2D eigenvalue weighted by molar-refractivity contribution is -0.148. The number of likely N-dealkylation sites (tertiary alicyclic amines) is 1. The number of carbonyl (C=O) groups is 5. The summed E-state index contributed by atoms with van der Waals surface area (Å²) in [5, 5.41) is 41.9. The highest BCUT2D eigenvalue weighted by Crippen LogP contribution is 2.20. The quantitative estimate of drug-likeness (QED) is 0.182. The molecular weight excluding hydrogens is 464 g/mol. The summed E-state index contributed by atoms with van der Waals surface area (Å²) in [5.41, 5.74) is 6.55. The van der Waals surface area contributed by atoms with Gasteiger partial charge in [0.2, 0.25) is 17.7 Å². The Hall–Kier alpha value is -3.71. The summed E-state index contributed by atoms with van der Waals surface area (Å²) in [5.74, 6) is -5.20. The van der Waals surface area contributed by atoms with E-state index in [0.717, 1.165) is 4.90 Å². The van der Waals surface area contributed by atoms with E-state index >= 15 is 0 Å². The molecule has 1 aliphatic heterocycles. The number of phenolic OH excluding ortho intramolecular Hbond substituents is 1. The van der Waals surface area contributed by atoms with Crippen LogP contribution in [0.25, 0.3) is 0 Å². The van der Waals surface area contributed by atoms with Gasteiger partial charge in [0, 0.05) is 6.54 Å². The summed E-state index contributed by atoms with van der Waals surface area (Å²) in [7, 11) is 0. The number of aliphatic hydroxyl groups is 1. The van der Waals surface area contributed by atoms with Crippen LogP contribution in [0.1, 0.15) is 31.7 Å². The third kappa shape index (κ3) is 7.65. The molecule has 3 amide bonds. The van der Waals surface area contributed by atoms with E-state index < -0.39 is 66.4 Å². The number of amides is 3. The number of phenols is 1. The number of carboxylic acids is 2. The highest BCUT2D eigenvalue weighted by Gasteiger charge is 2.40. The van der Waals surface area contributed by atoms with Crippen molar-refractivity contribution in [1.29, 1.82) is 0 Å². The Bertz CT molecular complexity index is 951. The number of benzene rings is 1. The summed E-state index contributed by atoms with van der Waals surface area (Å²) in [6.07, 6.45) is -1.50. The van der Waals surface area contributed by atoms with Crippen molar-refractivity contribution in [2.45, 2.75) is 62.9 Å². The van der Waals surface area contributed by atoms with Gasteiger partial charge >= 0.3 is 11.9 Å². The molecular formula is C22H30N4O9.